The second kappa shape index (κ2) is 3.12. The fraction of sp³-hybridized carbons (Fsp3) is 0.600. The van der Waals surface area contributed by atoms with E-state index in [9.17, 15) is 0 Å². The summed E-state index contributed by atoms with van der Waals surface area (Å²) in [4.78, 5) is 3.41. The van der Waals surface area contributed by atoms with E-state index < -0.39 is 0 Å². The summed E-state index contributed by atoms with van der Waals surface area (Å²) >= 11 is 0. The number of aromatic nitrogens is 1. The highest BCUT2D eigenvalue weighted by molar-refractivity contribution is 5.35. The zero-order valence-electron chi connectivity index (χ0n) is 7.91. The monoisotopic (exact) mass is 151 g/mol. The molecular weight excluding hydrogens is 134 g/mol. The highest BCUT2D eigenvalue weighted by Crippen LogP contribution is 2.18. The topological polar surface area (TPSA) is 15.8 Å². The zero-order chi connectivity index (χ0) is 8.43. The fourth-order valence-corrected chi connectivity index (χ4v) is 1.74. The van der Waals surface area contributed by atoms with E-state index >= 15 is 0 Å². The summed E-state index contributed by atoms with van der Waals surface area (Å²) in [6.45, 7) is 8.77. The van der Waals surface area contributed by atoms with Gasteiger partial charge in [0, 0.05) is 11.4 Å². The fourth-order valence-electron chi connectivity index (χ4n) is 1.74. The molecule has 0 fully saturated rings. The Kier molecular flexibility index (Phi) is 2.38. The van der Waals surface area contributed by atoms with Crippen LogP contribution in [0.5, 0.6) is 0 Å². The standard InChI is InChI=1S/C10H17N/c1-5-9-7(3)10(6-2)11-8(9)4/h11H,5-6H2,1-4H3. The van der Waals surface area contributed by atoms with Crippen molar-refractivity contribution >= 4 is 0 Å². The van der Waals surface area contributed by atoms with Gasteiger partial charge in [0.05, 0.1) is 0 Å². The average molecular weight is 151 g/mol. The molecule has 0 aliphatic heterocycles. The smallest absolute Gasteiger partial charge is 0.0178 e. The SMILES string of the molecule is CCc1[nH]c(C)c(CC)c1C. The lowest BCUT2D eigenvalue weighted by Crippen LogP contribution is -1.84. The Hall–Kier alpha value is -0.720. The van der Waals surface area contributed by atoms with E-state index in [4.69, 9.17) is 0 Å². The minimum atomic E-state index is 1.12. The lowest BCUT2D eigenvalue weighted by atomic mass is 10.1. The molecule has 1 heteroatoms. The maximum atomic E-state index is 3.41. The quantitative estimate of drug-likeness (QED) is 0.669. The molecule has 1 N–H and O–H groups in total. The first-order valence-corrected chi connectivity index (χ1v) is 4.37. The molecule has 0 saturated heterocycles. The van der Waals surface area contributed by atoms with Gasteiger partial charge in [-0.05, 0) is 37.8 Å². The van der Waals surface area contributed by atoms with Crippen LogP contribution in [0.15, 0.2) is 0 Å². The van der Waals surface area contributed by atoms with E-state index in [-0.39, 0.29) is 0 Å². The van der Waals surface area contributed by atoms with Gasteiger partial charge in [-0.1, -0.05) is 13.8 Å². The molecule has 1 heterocycles. The molecule has 0 aliphatic rings. The van der Waals surface area contributed by atoms with Crippen LogP contribution >= 0.6 is 0 Å². The summed E-state index contributed by atoms with van der Waals surface area (Å²) in [5.74, 6) is 0. The molecular formula is C10H17N. The lowest BCUT2D eigenvalue weighted by molar-refractivity contribution is 1.03. The normalized spacial score (nSPS) is 10.5. The third-order valence-electron chi connectivity index (χ3n) is 2.40. The van der Waals surface area contributed by atoms with Crippen molar-refractivity contribution in [1.29, 1.82) is 0 Å². The van der Waals surface area contributed by atoms with Gasteiger partial charge in [-0.3, -0.25) is 0 Å². The van der Waals surface area contributed by atoms with Crippen LogP contribution in [0.1, 0.15) is 36.4 Å². The summed E-state index contributed by atoms with van der Waals surface area (Å²) in [6, 6.07) is 0. The summed E-state index contributed by atoms with van der Waals surface area (Å²) in [5, 5.41) is 0. The Morgan fingerprint density at radius 1 is 1.09 bits per heavy atom. The number of nitrogens with one attached hydrogen (secondary N) is 1. The number of H-pyrrole nitrogens is 1. The molecule has 0 unspecified atom stereocenters. The van der Waals surface area contributed by atoms with Crippen LogP contribution in [-0.2, 0) is 12.8 Å². The van der Waals surface area contributed by atoms with Crippen LogP contribution < -0.4 is 0 Å². The van der Waals surface area contributed by atoms with Crippen molar-refractivity contribution in [2.45, 2.75) is 40.5 Å². The van der Waals surface area contributed by atoms with Crippen LogP contribution in [0.25, 0.3) is 0 Å². The summed E-state index contributed by atoms with van der Waals surface area (Å²) < 4.78 is 0. The maximum absolute atomic E-state index is 3.41. The first-order valence-electron chi connectivity index (χ1n) is 4.37. The van der Waals surface area contributed by atoms with Gasteiger partial charge in [0.25, 0.3) is 0 Å². The predicted octanol–water partition coefficient (Wildman–Crippen LogP) is 2.76. The third-order valence-corrected chi connectivity index (χ3v) is 2.40. The predicted molar refractivity (Wildman–Crippen MR) is 49.0 cm³/mol. The van der Waals surface area contributed by atoms with Gasteiger partial charge in [-0.2, -0.15) is 0 Å². The Balaban J connectivity index is 3.14. The van der Waals surface area contributed by atoms with Gasteiger partial charge < -0.3 is 4.98 Å². The number of rotatable bonds is 2. The molecule has 0 saturated carbocycles. The van der Waals surface area contributed by atoms with Crippen LogP contribution in [0, 0.1) is 13.8 Å². The Labute approximate surface area is 68.8 Å². The first-order chi connectivity index (χ1) is 5.20. The van der Waals surface area contributed by atoms with Gasteiger partial charge in [-0.25, -0.2) is 0 Å². The molecule has 11 heavy (non-hydrogen) atoms. The molecule has 1 nitrogen and oxygen atoms in total. The maximum Gasteiger partial charge on any atom is 0.0178 e. The second-order valence-electron chi connectivity index (χ2n) is 3.04. The molecule has 1 aromatic rings. The van der Waals surface area contributed by atoms with Crippen LogP contribution in [0.2, 0.25) is 0 Å². The van der Waals surface area contributed by atoms with E-state index in [1.54, 1.807) is 0 Å². The highest BCUT2D eigenvalue weighted by atomic mass is 14.7. The van der Waals surface area contributed by atoms with E-state index in [2.05, 4.69) is 32.7 Å². The number of aromatic amines is 1. The minimum absolute atomic E-state index is 1.12. The molecule has 0 aromatic carbocycles. The second-order valence-corrected chi connectivity index (χ2v) is 3.04. The van der Waals surface area contributed by atoms with E-state index in [0.29, 0.717) is 0 Å². The van der Waals surface area contributed by atoms with Crippen molar-refractivity contribution in [3.8, 4) is 0 Å². The molecule has 0 bridgehead atoms. The van der Waals surface area contributed by atoms with Crippen molar-refractivity contribution in [2.75, 3.05) is 0 Å². The van der Waals surface area contributed by atoms with E-state index in [0.717, 1.165) is 12.8 Å². The zero-order valence-corrected chi connectivity index (χ0v) is 7.91. The van der Waals surface area contributed by atoms with Gasteiger partial charge in [0.2, 0.25) is 0 Å². The third kappa shape index (κ3) is 1.32. The van der Waals surface area contributed by atoms with Crippen molar-refractivity contribution in [1.82, 2.24) is 4.98 Å². The van der Waals surface area contributed by atoms with E-state index in [1.165, 1.54) is 22.5 Å². The molecule has 0 radical (unpaired) electrons. The number of aryl methyl sites for hydroxylation is 2. The molecule has 0 atom stereocenters. The summed E-state index contributed by atoms with van der Waals surface area (Å²) in [5.41, 5.74) is 5.72. The Bertz CT molecular complexity index is 246. The minimum Gasteiger partial charge on any atom is -0.362 e. The van der Waals surface area contributed by atoms with Gasteiger partial charge in [0.15, 0.2) is 0 Å². The molecule has 62 valence electrons. The van der Waals surface area contributed by atoms with Crippen molar-refractivity contribution in [2.24, 2.45) is 0 Å². The Morgan fingerprint density at radius 2 is 1.73 bits per heavy atom. The van der Waals surface area contributed by atoms with Crippen LogP contribution in [0.3, 0.4) is 0 Å². The molecule has 1 rings (SSSR count). The first kappa shape index (κ1) is 8.38. The molecule has 0 aliphatic carbocycles. The van der Waals surface area contributed by atoms with Crippen LogP contribution in [0.4, 0.5) is 0 Å². The highest BCUT2D eigenvalue weighted by Gasteiger charge is 2.06. The molecule has 0 amide bonds. The molecule has 0 spiro atoms. The van der Waals surface area contributed by atoms with Crippen molar-refractivity contribution in [3.05, 3.63) is 22.5 Å². The van der Waals surface area contributed by atoms with Crippen molar-refractivity contribution in [3.63, 3.8) is 0 Å². The molecule has 1 aromatic heterocycles. The van der Waals surface area contributed by atoms with Crippen molar-refractivity contribution < 1.29 is 0 Å². The average Bonchev–Trinajstić information content (AvgIpc) is 2.26. The van der Waals surface area contributed by atoms with E-state index in [1.807, 2.05) is 0 Å². The van der Waals surface area contributed by atoms with Gasteiger partial charge in [-0.15, -0.1) is 0 Å². The largest absolute Gasteiger partial charge is 0.362 e. The summed E-state index contributed by atoms with van der Waals surface area (Å²) in [6.07, 6.45) is 2.26. The Morgan fingerprint density at radius 3 is 2.00 bits per heavy atom. The van der Waals surface area contributed by atoms with Gasteiger partial charge in [0.1, 0.15) is 0 Å². The van der Waals surface area contributed by atoms with Gasteiger partial charge >= 0.3 is 0 Å². The number of hydrogen-bond donors (Lipinski definition) is 1. The lowest BCUT2D eigenvalue weighted by Gasteiger charge is -1.96. The van der Waals surface area contributed by atoms with Crippen LogP contribution in [-0.4, -0.2) is 4.98 Å². The summed E-state index contributed by atoms with van der Waals surface area (Å²) in [7, 11) is 0. The number of hydrogen-bond acceptors (Lipinski definition) is 0.